The van der Waals surface area contributed by atoms with Gasteiger partial charge in [-0.05, 0) is 88.5 Å². The molecule has 0 bridgehead atoms. The number of nitrogens with one attached hydrogen (secondary N) is 3. The smallest absolute Gasteiger partial charge is 0.407 e. The second-order valence-electron chi connectivity index (χ2n) is 17.8. The maximum absolute atomic E-state index is 14.8. The number of ether oxygens (including phenoxy) is 1. The summed E-state index contributed by atoms with van der Waals surface area (Å²) in [5, 5.41) is 23.4. The molecular formula is C57H53N7O4. The molecule has 0 saturated carbocycles. The number of nitrogens with zero attached hydrogens (tertiary/aromatic N) is 4. The van der Waals surface area contributed by atoms with Gasteiger partial charge in [-0.3, -0.25) is 9.59 Å². The van der Waals surface area contributed by atoms with Crippen LogP contribution in [0.3, 0.4) is 0 Å². The molecule has 7 aromatic carbocycles. The molecule has 11 nitrogen and oxygen atoms in total. The molecule has 3 N–H and O–H groups in total. The largest absolute Gasteiger partial charge is 0.445 e. The first-order valence-corrected chi connectivity index (χ1v) is 23.0. The summed E-state index contributed by atoms with van der Waals surface area (Å²) in [4.78, 5) is 41.4. The van der Waals surface area contributed by atoms with Crippen LogP contribution in [0.4, 0.5) is 10.5 Å². The molecule has 68 heavy (non-hydrogen) atoms. The van der Waals surface area contributed by atoms with Gasteiger partial charge in [0, 0.05) is 28.8 Å². The van der Waals surface area contributed by atoms with E-state index in [-0.39, 0.29) is 24.7 Å². The van der Waals surface area contributed by atoms with Crippen molar-refractivity contribution in [3.05, 3.63) is 228 Å². The van der Waals surface area contributed by atoms with Gasteiger partial charge in [0.25, 0.3) is 0 Å². The summed E-state index contributed by atoms with van der Waals surface area (Å²) in [7, 11) is 0. The van der Waals surface area contributed by atoms with Crippen molar-refractivity contribution in [1.29, 1.82) is 0 Å². The fourth-order valence-electron chi connectivity index (χ4n) is 9.38. The molecule has 0 spiro atoms. The summed E-state index contributed by atoms with van der Waals surface area (Å²) < 4.78 is 7.36. The fourth-order valence-corrected chi connectivity index (χ4v) is 9.38. The lowest BCUT2D eigenvalue weighted by atomic mass is 9.77. The lowest BCUT2D eigenvalue weighted by molar-refractivity contribution is -0.123. The first-order chi connectivity index (χ1) is 33.2. The van der Waals surface area contributed by atoms with E-state index in [1.807, 2.05) is 156 Å². The summed E-state index contributed by atoms with van der Waals surface area (Å²) in [6.07, 6.45) is 1.47. The average Bonchev–Trinajstić information content (AvgIpc) is 3.86. The Morgan fingerprint density at radius 3 is 1.87 bits per heavy atom. The number of aromatic nitrogens is 4. The summed E-state index contributed by atoms with van der Waals surface area (Å²) in [5.74, 6) is 0.119. The zero-order chi connectivity index (χ0) is 46.9. The molecule has 2 unspecified atom stereocenters. The Balaban J connectivity index is 1.00. The van der Waals surface area contributed by atoms with Crippen LogP contribution in [0.1, 0.15) is 71.3 Å². The van der Waals surface area contributed by atoms with Crippen molar-refractivity contribution in [2.75, 3.05) is 5.32 Å². The van der Waals surface area contributed by atoms with E-state index in [2.05, 4.69) is 63.6 Å². The highest BCUT2D eigenvalue weighted by Crippen LogP contribution is 2.43. The third kappa shape index (κ3) is 9.69. The number of hydrogen-bond donors (Lipinski definition) is 3. The quantitative estimate of drug-likeness (QED) is 0.0724. The number of tetrazole rings is 1. The van der Waals surface area contributed by atoms with Crippen LogP contribution in [-0.2, 0) is 28.1 Å². The molecule has 2 atom stereocenters. The molecule has 0 saturated heterocycles. The third-order valence-electron chi connectivity index (χ3n) is 12.6. The number of Topliss-reactive ketones (excluding diaryl/α,β-unsaturated/α-hetero) is 1. The molecule has 2 heterocycles. The van der Waals surface area contributed by atoms with E-state index in [1.165, 1.54) is 0 Å². The first-order valence-electron chi connectivity index (χ1n) is 23.0. The molecule has 1 aromatic heterocycles. The Bertz CT molecular complexity index is 2880. The Hall–Kier alpha value is -8.18. The van der Waals surface area contributed by atoms with Gasteiger partial charge in [-0.25, -0.2) is 9.48 Å². The molecule has 9 rings (SSSR count). The Morgan fingerprint density at radius 1 is 0.676 bits per heavy atom. The Kier molecular flexibility index (Phi) is 13.3. The van der Waals surface area contributed by atoms with Crippen LogP contribution in [0, 0.1) is 0 Å². The second-order valence-corrected chi connectivity index (χ2v) is 17.8. The van der Waals surface area contributed by atoms with Gasteiger partial charge in [0.05, 0.1) is 6.04 Å². The third-order valence-corrected chi connectivity index (χ3v) is 12.6. The van der Waals surface area contributed by atoms with Gasteiger partial charge in [0.15, 0.2) is 11.6 Å². The maximum atomic E-state index is 14.8. The molecular weight excluding hydrogens is 847 g/mol. The van der Waals surface area contributed by atoms with E-state index in [1.54, 1.807) is 13.8 Å². The minimum Gasteiger partial charge on any atom is -0.445 e. The first kappa shape index (κ1) is 45.0. The highest BCUT2D eigenvalue weighted by molar-refractivity contribution is 6.03. The average molecular weight is 900 g/mol. The fraction of sp³-hybridized carbons (Fsp3) is 0.193. The lowest BCUT2D eigenvalue weighted by Crippen LogP contribution is -2.54. The molecule has 8 aromatic rings. The number of fused-ring (bicyclic) bond motifs is 1. The number of amides is 2. The normalized spacial score (nSPS) is 14.9. The van der Waals surface area contributed by atoms with Crippen molar-refractivity contribution in [3.8, 4) is 22.5 Å². The number of carbonyl (C=O) groups is 3. The van der Waals surface area contributed by atoms with Crippen LogP contribution in [0.15, 0.2) is 194 Å². The minimum atomic E-state index is -0.943. The number of ketones is 1. The molecule has 11 heteroatoms. The predicted octanol–water partition coefficient (Wildman–Crippen LogP) is 10.4. The SMILES string of the molecule is CC(C)(CC(=O)NC1CCCc2ccccc2NC1C(=O)c1ccc(-c2ccccc2-c2nnnn2C(c2ccccc2)(c2ccccc2)c2ccccc2)cc1)NC(=O)OCc1ccccc1. The summed E-state index contributed by atoms with van der Waals surface area (Å²) in [5.41, 5.74) is 6.98. The number of para-hydroxylation sites is 1. The van der Waals surface area contributed by atoms with Crippen LogP contribution < -0.4 is 16.0 Å². The number of anilines is 1. The van der Waals surface area contributed by atoms with Crippen LogP contribution in [0.25, 0.3) is 22.5 Å². The molecule has 340 valence electrons. The molecule has 0 radical (unpaired) electrons. The van der Waals surface area contributed by atoms with Gasteiger partial charge in [-0.1, -0.05) is 188 Å². The number of carbonyl (C=O) groups excluding carboxylic acids is 3. The molecule has 1 aliphatic rings. The van der Waals surface area contributed by atoms with Gasteiger partial charge in [0.1, 0.15) is 18.2 Å². The van der Waals surface area contributed by atoms with Crippen LogP contribution >= 0.6 is 0 Å². The topological polar surface area (TPSA) is 140 Å². The maximum Gasteiger partial charge on any atom is 0.407 e. The lowest BCUT2D eigenvalue weighted by Gasteiger charge is -2.36. The van der Waals surface area contributed by atoms with E-state index in [4.69, 9.17) is 15.0 Å². The second kappa shape index (κ2) is 20.1. The minimum absolute atomic E-state index is 0.0258. The Morgan fingerprint density at radius 2 is 1.24 bits per heavy atom. The number of rotatable bonds is 14. The number of aryl methyl sites for hydroxylation is 1. The van der Waals surface area contributed by atoms with Crippen molar-refractivity contribution < 1.29 is 19.1 Å². The van der Waals surface area contributed by atoms with Crippen LogP contribution in [0.2, 0.25) is 0 Å². The standard InChI is InChI=1S/C57H53N7O4/c1-56(2,60-55(67)68-39-40-20-7-3-8-21-40)38-51(65)58-50-33-19-23-42-22-15-18-32-49(42)59-52(50)53(66)43-36-34-41(35-37-43)47-30-16-17-31-48(47)54-61-62-63-64(54)57(44-24-9-4-10-25-44,45-26-11-5-12-27-45)46-28-13-6-14-29-46/h3-18,20-22,24-32,34-37,50,52,59H,19,23,33,38-39H2,1-2H3,(H,58,65)(H,60,67). The van der Waals surface area contributed by atoms with E-state index >= 15 is 0 Å². The van der Waals surface area contributed by atoms with Crippen molar-refractivity contribution in [2.24, 2.45) is 0 Å². The zero-order valence-corrected chi connectivity index (χ0v) is 38.1. The van der Waals surface area contributed by atoms with Gasteiger partial charge in [-0.15, -0.1) is 5.10 Å². The zero-order valence-electron chi connectivity index (χ0n) is 38.1. The van der Waals surface area contributed by atoms with E-state index in [9.17, 15) is 14.4 Å². The number of benzene rings is 7. The number of alkyl carbamates (subject to hydrolysis) is 1. The molecule has 0 aliphatic carbocycles. The van der Waals surface area contributed by atoms with Crippen molar-refractivity contribution in [1.82, 2.24) is 30.8 Å². The van der Waals surface area contributed by atoms with E-state index in [0.29, 0.717) is 17.8 Å². The van der Waals surface area contributed by atoms with Crippen LogP contribution in [-0.4, -0.2) is 55.6 Å². The highest BCUT2D eigenvalue weighted by Gasteiger charge is 2.42. The van der Waals surface area contributed by atoms with E-state index < -0.39 is 29.3 Å². The summed E-state index contributed by atoms with van der Waals surface area (Å²) >= 11 is 0. The number of hydrogen-bond acceptors (Lipinski definition) is 8. The van der Waals surface area contributed by atoms with Gasteiger partial charge in [-0.2, -0.15) is 0 Å². The summed E-state index contributed by atoms with van der Waals surface area (Å²) in [6, 6.07) is 62.6. The van der Waals surface area contributed by atoms with Gasteiger partial charge in [0.2, 0.25) is 5.91 Å². The highest BCUT2D eigenvalue weighted by atomic mass is 16.5. The van der Waals surface area contributed by atoms with Crippen LogP contribution in [0.5, 0.6) is 0 Å². The van der Waals surface area contributed by atoms with Gasteiger partial charge < -0.3 is 20.7 Å². The van der Waals surface area contributed by atoms with Crippen molar-refractivity contribution in [2.45, 2.75) is 69.3 Å². The molecule has 0 fully saturated rings. The van der Waals surface area contributed by atoms with E-state index in [0.717, 1.165) is 63.0 Å². The Labute approximate surface area is 396 Å². The predicted molar refractivity (Wildman–Crippen MR) is 265 cm³/mol. The monoisotopic (exact) mass is 899 g/mol. The van der Waals surface area contributed by atoms with Gasteiger partial charge >= 0.3 is 6.09 Å². The summed E-state index contributed by atoms with van der Waals surface area (Å²) in [6.45, 7) is 3.66. The van der Waals surface area contributed by atoms with Crippen molar-refractivity contribution >= 4 is 23.5 Å². The molecule has 1 aliphatic heterocycles. The molecule has 2 amide bonds. The van der Waals surface area contributed by atoms with Crippen molar-refractivity contribution in [3.63, 3.8) is 0 Å².